The second-order valence-corrected chi connectivity index (χ2v) is 4.28. The van der Waals surface area contributed by atoms with Gasteiger partial charge in [0.1, 0.15) is 6.29 Å². The predicted octanol–water partition coefficient (Wildman–Crippen LogP) is 3.52. The van der Waals surface area contributed by atoms with Crippen LogP contribution >= 0.6 is 0 Å². The summed E-state index contributed by atoms with van der Waals surface area (Å²) in [4.78, 5) is 11.2. The predicted molar refractivity (Wildman–Crippen MR) is 70.1 cm³/mol. The van der Waals surface area contributed by atoms with Crippen molar-refractivity contribution in [1.29, 1.82) is 0 Å². The van der Waals surface area contributed by atoms with Gasteiger partial charge < -0.3 is 4.79 Å². The molecular formula is C16H16O. The first-order valence-electron chi connectivity index (χ1n) is 5.86. The molecule has 0 aliphatic heterocycles. The fraction of sp³-hybridized carbons (Fsp3) is 0.188. The summed E-state index contributed by atoms with van der Waals surface area (Å²) in [6.07, 6.45) is 1.82. The van der Waals surface area contributed by atoms with Crippen LogP contribution in [0, 0.1) is 6.92 Å². The van der Waals surface area contributed by atoms with Crippen molar-refractivity contribution in [3.63, 3.8) is 0 Å². The lowest BCUT2D eigenvalue weighted by Gasteiger charge is -2.12. The zero-order valence-electron chi connectivity index (χ0n) is 9.97. The lowest BCUT2D eigenvalue weighted by molar-refractivity contribution is -0.109. The van der Waals surface area contributed by atoms with E-state index in [-0.39, 0.29) is 5.92 Å². The molecule has 0 bridgehead atoms. The van der Waals surface area contributed by atoms with Gasteiger partial charge in [-0.3, -0.25) is 0 Å². The first-order valence-corrected chi connectivity index (χ1v) is 5.86. The molecule has 1 unspecified atom stereocenters. The minimum atomic E-state index is -0.0442. The minimum Gasteiger partial charge on any atom is -0.303 e. The molecule has 0 saturated heterocycles. The van der Waals surface area contributed by atoms with Crippen molar-refractivity contribution in [2.45, 2.75) is 19.3 Å². The number of carbonyl (C=O) groups is 1. The molecule has 86 valence electrons. The van der Waals surface area contributed by atoms with Gasteiger partial charge in [0, 0.05) is 5.92 Å². The largest absolute Gasteiger partial charge is 0.303 e. The van der Waals surface area contributed by atoms with Gasteiger partial charge in [-0.25, -0.2) is 0 Å². The van der Waals surface area contributed by atoms with Crippen LogP contribution < -0.4 is 0 Å². The Kier molecular flexibility index (Phi) is 3.71. The molecule has 0 radical (unpaired) electrons. The maximum Gasteiger partial charge on any atom is 0.127 e. The van der Waals surface area contributed by atoms with Crippen LogP contribution in [0.2, 0.25) is 0 Å². The zero-order chi connectivity index (χ0) is 12.1. The van der Waals surface area contributed by atoms with E-state index in [9.17, 15) is 4.79 Å². The van der Waals surface area contributed by atoms with Crippen molar-refractivity contribution < 1.29 is 4.79 Å². The molecule has 0 saturated carbocycles. The molecule has 0 spiro atoms. The monoisotopic (exact) mass is 224 g/mol. The number of carbonyl (C=O) groups excluding carboxylic acids is 1. The van der Waals surface area contributed by atoms with Gasteiger partial charge in [-0.15, -0.1) is 0 Å². The third-order valence-electron chi connectivity index (χ3n) is 3.09. The van der Waals surface area contributed by atoms with Gasteiger partial charge in [-0.05, 0) is 30.0 Å². The smallest absolute Gasteiger partial charge is 0.127 e. The van der Waals surface area contributed by atoms with Crippen LogP contribution in [0.15, 0.2) is 54.6 Å². The molecule has 0 aromatic heterocycles. The highest BCUT2D eigenvalue weighted by Gasteiger charge is 2.11. The van der Waals surface area contributed by atoms with E-state index in [0.29, 0.717) is 0 Å². The average Bonchev–Trinajstić information content (AvgIpc) is 2.39. The van der Waals surface area contributed by atoms with Crippen LogP contribution in [0.5, 0.6) is 0 Å². The van der Waals surface area contributed by atoms with E-state index in [1.807, 2.05) is 42.5 Å². The van der Waals surface area contributed by atoms with E-state index in [2.05, 4.69) is 19.1 Å². The number of benzene rings is 2. The van der Waals surface area contributed by atoms with Gasteiger partial charge in [-0.1, -0.05) is 54.6 Å². The number of rotatable bonds is 4. The summed E-state index contributed by atoms with van der Waals surface area (Å²) in [5.74, 6) is -0.0442. The van der Waals surface area contributed by atoms with E-state index in [4.69, 9.17) is 0 Å². The number of hydrogen-bond acceptors (Lipinski definition) is 1. The molecular weight excluding hydrogens is 208 g/mol. The summed E-state index contributed by atoms with van der Waals surface area (Å²) in [6, 6.07) is 18.2. The van der Waals surface area contributed by atoms with Gasteiger partial charge in [0.2, 0.25) is 0 Å². The van der Waals surface area contributed by atoms with Gasteiger partial charge in [0.15, 0.2) is 0 Å². The van der Waals surface area contributed by atoms with E-state index in [1.165, 1.54) is 11.1 Å². The van der Waals surface area contributed by atoms with Crippen molar-refractivity contribution >= 4 is 6.29 Å². The fourth-order valence-electron chi connectivity index (χ4n) is 2.02. The Bertz CT molecular complexity index is 488. The maximum atomic E-state index is 11.2. The van der Waals surface area contributed by atoms with Gasteiger partial charge in [0.25, 0.3) is 0 Å². The second-order valence-electron chi connectivity index (χ2n) is 4.28. The van der Waals surface area contributed by atoms with Crippen molar-refractivity contribution in [3.8, 4) is 0 Å². The number of hydrogen-bond donors (Lipinski definition) is 0. The fourth-order valence-corrected chi connectivity index (χ4v) is 2.02. The first-order chi connectivity index (χ1) is 8.31. The van der Waals surface area contributed by atoms with Crippen LogP contribution in [0.25, 0.3) is 0 Å². The summed E-state index contributed by atoms with van der Waals surface area (Å²) in [7, 11) is 0. The maximum absolute atomic E-state index is 11.2. The lowest BCUT2D eigenvalue weighted by Crippen LogP contribution is -2.05. The quantitative estimate of drug-likeness (QED) is 0.726. The molecule has 2 aromatic rings. The first kappa shape index (κ1) is 11.6. The molecule has 17 heavy (non-hydrogen) atoms. The average molecular weight is 224 g/mol. The molecule has 0 fully saturated rings. The normalized spacial score (nSPS) is 12.1. The number of aryl methyl sites for hydroxylation is 1. The molecule has 1 atom stereocenters. The summed E-state index contributed by atoms with van der Waals surface area (Å²) in [6.45, 7) is 2.09. The van der Waals surface area contributed by atoms with E-state index < -0.39 is 0 Å². The molecule has 0 N–H and O–H groups in total. The standard InChI is InChI=1S/C16H16O/c1-13-7-5-6-10-15(13)11-16(12-17)14-8-3-2-4-9-14/h2-10,12,16H,11H2,1H3. The molecule has 0 aliphatic carbocycles. The minimum absolute atomic E-state index is 0.0442. The Balaban J connectivity index is 2.22. The molecule has 0 heterocycles. The van der Waals surface area contributed by atoms with E-state index >= 15 is 0 Å². The van der Waals surface area contributed by atoms with Crippen LogP contribution in [-0.2, 0) is 11.2 Å². The van der Waals surface area contributed by atoms with Crippen molar-refractivity contribution in [1.82, 2.24) is 0 Å². The topological polar surface area (TPSA) is 17.1 Å². The van der Waals surface area contributed by atoms with Gasteiger partial charge in [0.05, 0.1) is 0 Å². The van der Waals surface area contributed by atoms with Crippen LogP contribution in [0.4, 0.5) is 0 Å². The molecule has 1 heteroatoms. The van der Waals surface area contributed by atoms with Crippen LogP contribution in [0.1, 0.15) is 22.6 Å². The summed E-state index contributed by atoms with van der Waals surface area (Å²) >= 11 is 0. The molecule has 0 amide bonds. The van der Waals surface area contributed by atoms with Gasteiger partial charge in [-0.2, -0.15) is 0 Å². The zero-order valence-corrected chi connectivity index (χ0v) is 9.97. The van der Waals surface area contributed by atoms with E-state index in [1.54, 1.807) is 0 Å². The Labute approximate surface area is 102 Å². The summed E-state index contributed by atoms with van der Waals surface area (Å²) < 4.78 is 0. The molecule has 2 rings (SSSR count). The highest BCUT2D eigenvalue weighted by atomic mass is 16.1. The Morgan fingerprint density at radius 3 is 2.29 bits per heavy atom. The highest BCUT2D eigenvalue weighted by molar-refractivity contribution is 5.63. The van der Waals surface area contributed by atoms with E-state index in [0.717, 1.165) is 18.3 Å². The molecule has 0 aliphatic rings. The highest BCUT2D eigenvalue weighted by Crippen LogP contribution is 2.20. The lowest BCUT2D eigenvalue weighted by atomic mass is 9.91. The molecule has 2 aromatic carbocycles. The second kappa shape index (κ2) is 5.44. The van der Waals surface area contributed by atoms with Crippen LogP contribution in [-0.4, -0.2) is 6.29 Å². The van der Waals surface area contributed by atoms with Crippen molar-refractivity contribution in [2.75, 3.05) is 0 Å². The van der Waals surface area contributed by atoms with Crippen molar-refractivity contribution in [3.05, 3.63) is 71.3 Å². The summed E-state index contributed by atoms with van der Waals surface area (Å²) in [5.41, 5.74) is 3.58. The van der Waals surface area contributed by atoms with Crippen LogP contribution in [0.3, 0.4) is 0 Å². The summed E-state index contributed by atoms with van der Waals surface area (Å²) in [5, 5.41) is 0. The SMILES string of the molecule is Cc1ccccc1CC(C=O)c1ccccc1. The third kappa shape index (κ3) is 2.82. The molecule has 1 nitrogen and oxygen atoms in total. The Morgan fingerprint density at radius 2 is 1.65 bits per heavy atom. The van der Waals surface area contributed by atoms with Crippen molar-refractivity contribution in [2.24, 2.45) is 0 Å². The Morgan fingerprint density at radius 1 is 1.00 bits per heavy atom. The van der Waals surface area contributed by atoms with Gasteiger partial charge >= 0.3 is 0 Å². The third-order valence-corrected chi connectivity index (χ3v) is 3.09. The number of aldehydes is 1. The Hall–Kier alpha value is -1.89.